The number of nitrogens with zero attached hydrogens (tertiary/aromatic N) is 2. The zero-order chi connectivity index (χ0) is 21.3. The number of thioether (sulfide) groups is 1. The van der Waals surface area contributed by atoms with E-state index in [9.17, 15) is 14.0 Å². The third-order valence-electron chi connectivity index (χ3n) is 4.28. The van der Waals surface area contributed by atoms with Crippen LogP contribution in [-0.2, 0) is 5.75 Å². The summed E-state index contributed by atoms with van der Waals surface area (Å²) < 4.78 is 19.3. The van der Waals surface area contributed by atoms with E-state index in [4.69, 9.17) is 4.42 Å². The number of carbonyl (C=O) groups is 1. The van der Waals surface area contributed by atoms with Crippen LogP contribution in [0.25, 0.3) is 11.0 Å². The van der Waals surface area contributed by atoms with Gasteiger partial charge >= 0.3 is 0 Å². The zero-order valence-electron chi connectivity index (χ0n) is 16.1. The Morgan fingerprint density at radius 1 is 1.17 bits per heavy atom. The second-order valence-electron chi connectivity index (χ2n) is 6.68. The first-order valence-corrected chi connectivity index (χ1v) is 10.8. The summed E-state index contributed by atoms with van der Waals surface area (Å²) in [7, 11) is 0. The van der Waals surface area contributed by atoms with E-state index in [0.29, 0.717) is 26.2 Å². The fourth-order valence-corrected chi connectivity index (χ4v) is 4.63. The molecule has 0 saturated heterocycles. The van der Waals surface area contributed by atoms with Crippen molar-refractivity contribution in [3.05, 3.63) is 81.0 Å². The first-order chi connectivity index (χ1) is 14.4. The number of anilines is 1. The molecule has 4 aromatic rings. The van der Waals surface area contributed by atoms with Gasteiger partial charge in [-0.2, -0.15) is 0 Å². The fourth-order valence-electron chi connectivity index (χ4n) is 2.92. The van der Waals surface area contributed by atoms with Crippen LogP contribution in [0.3, 0.4) is 0 Å². The molecule has 0 fully saturated rings. The van der Waals surface area contributed by atoms with E-state index in [-0.39, 0.29) is 17.0 Å². The number of rotatable bonds is 5. The first kappa shape index (κ1) is 20.2. The maximum Gasteiger partial charge on any atom is 0.293 e. The molecule has 6 nitrogen and oxygen atoms in total. The standard InChI is InChI=1S/C21H16FN3O3S2/c1-11-7-12(2)18-15(8-11)16(26)9-17(28-18)19(27)23-20-24-25-21(30-20)29-10-13-3-5-14(22)6-4-13/h3-9H,10H2,1-2H3,(H,23,24,27). The number of benzene rings is 2. The van der Waals surface area contributed by atoms with Crippen LogP contribution in [0.15, 0.2) is 56.0 Å². The predicted molar refractivity (Wildman–Crippen MR) is 116 cm³/mol. The van der Waals surface area contributed by atoms with Crippen LogP contribution < -0.4 is 10.7 Å². The fraction of sp³-hybridized carbons (Fsp3) is 0.143. The SMILES string of the molecule is Cc1cc(C)c2oc(C(=O)Nc3nnc(SCc4ccc(F)cc4)s3)cc(=O)c2c1. The van der Waals surface area contributed by atoms with Crippen LogP contribution in [0, 0.1) is 19.7 Å². The molecule has 2 aromatic heterocycles. The number of nitrogens with one attached hydrogen (secondary N) is 1. The topological polar surface area (TPSA) is 85.1 Å². The minimum absolute atomic E-state index is 0.0878. The molecule has 1 N–H and O–H groups in total. The van der Waals surface area contributed by atoms with E-state index in [1.165, 1.54) is 41.3 Å². The summed E-state index contributed by atoms with van der Waals surface area (Å²) in [5.74, 6) is -0.341. The van der Waals surface area contributed by atoms with E-state index in [2.05, 4.69) is 15.5 Å². The lowest BCUT2D eigenvalue weighted by atomic mass is 10.1. The van der Waals surface area contributed by atoms with Gasteiger partial charge in [-0.25, -0.2) is 4.39 Å². The van der Waals surface area contributed by atoms with Crippen molar-refractivity contribution in [1.82, 2.24) is 10.2 Å². The lowest BCUT2D eigenvalue weighted by Crippen LogP contribution is -2.15. The lowest BCUT2D eigenvalue weighted by molar-refractivity contribution is 0.0997. The van der Waals surface area contributed by atoms with Crippen molar-refractivity contribution in [3.8, 4) is 0 Å². The number of hydrogen-bond donors (Lipinski definition) is 1. The molecular formula is C21H16FN3O3S2. The number of amides is 1. The van der Waals surface area contributed by atoms with Crippen molar-refractivity contribution in [3.63, 3.8) is 0 Å². The molecular weight excluding hydrogens is 425 g/mol. The Morgan fingerprint density at radius 2 is 1.93 bits per heavy atom. The Kier molecular flexibility index (Phi) is 5.65. The predicted octanol–water partition coefficient (Wildman–Crippen LogP) is 4.95. The van der Waals surface area contributed by atoms with E-state index in [1.54, 1.807) is 18.2 Å². The van der Waals surface area contributed by atoms with Crippen molar-refractivity contribution in [2.24, 2.45) is 0 Å². The molecule has 4 rings (SSSR count). The molecule has 0 aliphatic heterocycles. The van der Waals surface area contributed by atoms with E-state index >= 15 is 0 Å². The molecule has 0 bridgehead atoms. The van der Waals surface area contributed by atoms with Crippen molar-refractivity contribution >= 4 is 45.1 Å². The van der Waals surface area contributed by atoms with Gasteiger partial charge in [-0.05, 0) is 48.7 Å². The van der Waals surface area contributed by atoms with Gasteiger partial charge in [0.25, 0.3) is 5.91 Å². The molecule has 9 heteroatoms. The Labute approximate surface area is 179 Å². The van der Waals surface area contributed by atoms with Crippen molar-refractivity contribution < 1.29 is 13.6 Å². The molecule has 0 aliphatic rings. The summed E-state index contributed by atoms with van der Waals surface area (Å²) in [6.07, 6.45) is 0. The summed E-state index contributed by atoms with van der Waals surface area (Å²) in [5, 5.41) is 11.4. The second-order valence-corrected chi connectivity index (χ2v) is 8.88. The average Bonchev–Trinajstić information content (AvgIpc) is 3.15. The van der Waals surface area contributed by atoms with Crippen molar-refractivity contribution in [1.29, 1.82) is 0 Å². The Balaban J connectivity index is 1.48. The molecule has 30 heavy (non-hydrogen) atoms. The van der Waals surface area contributed by atoms with Gasteiger partial charge in [0.15, 0.2) is 15.5 Å². The number of fused-ring (bicyclic) bond motifs is 1. The molecule has 0 aliphatic carbocycles. The summed E-state index contributed by atoms with van der Waals surface area (Å²) >= 11 is 2.63. The summed E-state index contributed by atoms with van der Waals surface area (Å²) in [6.45, 7) is 3.73. The quantitative estimate of drug-likeness (QED) is 0.349. The minimum atomic E-state index is -0.569. The Morgan fingerprint density at radius 3 is 2.70 bits per heavy atom. The van der Waals surface area contributed by atoms with E-state index < -0.39 is 5.91 Å². The number of aromatic nitrogens is 2. The van der Waals surface area contributed by atoms with E-state index in [1.807, 2.05) is 19.9 Å². The molecule has 0 atom stereocenters. The highest BCUT2D eigenvalue weighted by atomic mass is 32.2. The molecule has 2 aromatic carbocycles. The normalized spacial score (nSPS) is 11.0. The van der Waals surface area contributed by atoms with Crippen molar-refractivity contribution in [2.75, 3.05) is 5.32 Å². The van der Waals surface area contributed by atoms with Gasteiger partial charge in [0.1, 0.15) is 11.4 Å². The van der Waals surface area contributed by atoms with Crippen LogP contribution in [0.4, 0.5) is 9.52 Å². The van der Waals surface area contributed by atoms with Crippen LogP contribution in [-0.4, -0.2) is 16.1 Å². The van der Waals surface area contributed by atoms with Gasteiger partial charge in [-0.15, -0.1) is 10.2 Å². The Bertz CT molecular complexity index is 1300. The van der Waals surface area contributed by atoms with Crippen LogP contribution in [0.1, 0.15) is 27.2 Å². The number of aryl methyl sites for hydroxylation is 2. The number of halogens is 1. The van der Waals surface area contributed by atoms with Gasteiger partial charge in [-0.3, -0.25) is 14.9 Å². The molecule has 0 spiro atoms. The van der Waals surface area contributed by atoms with Gasteiger partial charge in [0.05, 0.1) is 5.39 Å². The van der Waals surface area contributed by atoms with Crippen molar-refractivity contribution in [2.45, 2.75) is 23.9 Å². The number of carbonyl (C=O) groups excluding carboxylic acids is 1. The minimum Gasteiger partial charge on any atom is -0.450 e. The largest absolute Gasteiger partial charge is 0.450 e. The highest BCUT2D eigenvalue weighted by Crippen LogP contribution is 2.28. The van der Waals surface area contributed by atoms with Gasteiger partial charge in [0.2, 0.25) is 5.13 Å². The zero-order valence-corrected chi connectivity index (χ0v) is 17.7. The third kappa shape index (κ3) is 4.42. The lowest BCUT2D eigenvalue weighted by Gasteiger charge is -2.06. The second kappa shape index (κ2) is 8.37. The van der Waals surface area contributed by atoms with E-state index in [0.717, 1.165) is 16.7 Å². The van der Waals surface area contributed by atoms with Gasteiger partial charge < -0.3 is 4.42 Å². The molecule has 152 valence electrons. The number of hydrogen-bond acceptors (Lipinski definition) is 7. The van der Waals surface area contributed by atoms with Crippen LogP contribution in [0.5, 0.6) is 0 Å². The highest BCUT2D eigenvalue weighted by molar-refractivity contribution is 8.00. The molecule has 1 amide bonds. The molecule has 0 unspecified atom stereocenters. The highest BCUT2D eigenvalue weighted by Gasteiger charge is 2.16. The van der Waals surface area contributed by atoms with Gasteiger partial charge in [-0.1, -0.05) is 41.3 Å². The maximum atomic E-state index is 13.0. The molecule has 2 heterocycles. The summed E-state index contributed by atoms with van der Waals surface area (Å²) in [6, 6.07) is 11.0. The molecule has 0 saturated carbocycles. The van der Waals surface area contributed by atoms with Crippen LogP contribution >= 0.6 is 23.1 Å². The smallest absolute Gasteiger partial charge is 0.293 e. The first-order valence-electron chi connectivity index (χ1n) is 8.96. The summed E-state index contributed by atoms with van der Waals surface area (Å²) in [4.78, 5) is 25.0. The van der Waals surface area contributed by atoms with Crippen LogP contribution in [0.2, 0.25) is 0 Å². The third-order valence-corrected chi connectivity index (χ3v) is 6.33. The average molecular weight is 442 g/mol. The monoisotopic (exact) mass is 441 g/mol. The Hall–Kier alpha value is -3.04. The van der Waals surface area contributed by atoms with Gasteiger partial charge in [0, 0.05) is 11.8 Å². The molecule has 0 radical (unpaired) electrons. The maximum absolute atomic E-state index is 13.0. The summed E-state index contributed by atoms with van der Waals surface area (Å²) in [5.41, 5.74) is 2.80.